The van der Waals surface area contributed by atoms with E-state index >= 15 is 0 Å². The fraction of sp³-hybridized carbons (Fsp3) is 1.00. The van der Waals surface area contributed by atoms with E-state index in [0.717, 1.165) is 11.8 Å². The third-order valence-corrected chi connectivity index (χ3v) is 2.57. The Hall–Kier alpha value is -0.0151. The van der Waals surface area contributed by atoms with Crippen LogP contribution in [0, 0.1) is 11.8 Å². The highest BCUT2D eigenvalue weighted by Crippen LogP contribution is 2.24. The third-order valence-electron chi connectivity index (χ3n) is 2.57. The zero-order valence-corrected chi connectivity index (χ0v) is 5.93. The smallest absolute Gasteiger partial charge is 0.185 e. The first kappa shape index (κ1) is 5.75. The van der Waals surface area contributed by atoms with Gasteiger partial charge in [-0.25, -0.2) is 0 Å². The number of nitrogens with one attached hydrogen (secondary N) is 1. The molecule has 2 nitrogen and oxygen atoms in total. The molecule has 9 heavy (non-hydrogen) atoms. The molecule has 0 aliphatic carbocycles. The lowest BCUT2D eigenvalue weighted by Crippen LogP contribution is -2.22. The molecule has 0 radical (unpaired) electrons. The molecular weight excluding hydrogens is 111 g/mol. The van der Waals surface area contributed by atoms with E-state index in [4.69, 9.17) is 0 Å². The molecule has 2 saturated heterocycles. The summed E-state index contributed by atoms with van der Waals surface area (Å²) in [5.74, 6) is 1.94. The van der Waals surface area contributed by atoms with Gasteiger partial charge < -0.3 is 10.1 Å². The van der Waals surface area contributed by atoms with Gasteiger partial charge in [0.2, 0.25) is 0 Å². The maximum atomic E-state index is 3.42. The number of nitrogens with zero attached hydrogens (tertiary/aromatic N) is 1. The highest BCUT2D eigenvalue weighted by Gasteiger charge is 2.33. The molecule has 0 bridgehead atoms. The van der Waals surface area contributed by atoms with Crippen LogP contribution in [0.5, 0.6) is 0 Å². The van der Waals surface area contributed by atoms with Gasteiger partial charge in [-0.15, -0.1) is 0 Å². The molecule has 2 atom stereocenters. The molecule has 2 aliphatic heterocycles. The minimum absolute atomic E-state index is 0.968. The van der Waals surface area contributed by atoms with Crippen LogP contribution in [-0.4, -0.2) is 39.0 Å². The Morgan fingerprint density at radius 1 is 1.22 bits per heavy atom. The van der Waals surface area contributed by atoms with Crippen LogP contribution in [0.2, 0.25) is 0 Å². The molecule has 2 aliphatic rings. The van der Waals surface area contributed by atoms with Crippen molar-refractivity contribution < 1.29 is 0 Å². The van der Waals surface area contributed by atoms with Gasteiger partial charge >= 0.3 is 0 Å². The second-order valence-corrected chi connectivity index (χ2v) is 3.40. The molecule has 1 unspecified atom stereocenters. The Kier molecular flexibility index (Phi) is 1.27. The Morgan fingerprint density at radius 2 is 1.78 bits per heavy atom. The highest BCUT2D eigenvalue weighted by atomic mass is 15.1. The van der Waals surface area contributed by atoms with Crippen molar-refractivity contribution in [2.45, 2.75) is 0 Å². The number of rotatable bonds is 0. The van der Waals surface area contributed by atoms with E-state index in [1.165, 1.54) is 26.2 Å². The van der Waals surface area contributed by atoms with E-state index in [1.807, 2.05) is 0 Å². The lowest BCUT2D eigenvalue weighted by molar-refractivity contribution is 0.504. The fourth-order valence-electron chi connectivity index (χ4n) is 2.09. The zero-order chi connectivity index (χ0) is 6.27. The second-order valence-electron chi connectivity index (χ2n) is 3.40. The highest BCUT2D eigenvalue weighted by molar-refractivity contribution is 6.04. The molecule has 0 saturated carbocycles. The molecule has 0 aromatic heterocycles. The summed E-state index contributed by atoms with van der Waals surface area (Å²) in [6, 6.07) is 0. The fourth-order valence-corrected chi connectivity index (χ4v) is 2.09. The maximum Gasteiger partial charge on any atom is 0.185 e. The van der Waals surface area contributed by atoms with Crippen LogP contribution in [0.1, 0.15) is 0 Å². The van der Waals surface area contributed by atoms with Gasteiger partial charge in [0, 0.05) is 0 Å². The van der Waals surface area contributed by atoms with Crippen LogP contribution in [0.25, 0.3) is 0 Å². The summed E-state index contributed by atoms with van der Waals surface area (Å²) < 4.78 is 0. The van der Waals surface area contributed by atoms with Crippen molar-refractivity contribution in [2.24, 2.45) is 11.8 Å². The number of fused-ring (bicyclic) bond motifs is 1. The standard InChI is InChI=1S/C6H13BN2/c7-9-3-5-1-8-2-6(5)4-9/h5-6,8H,1-4,7H2/t5-,6?/m1/s1. The van der Waals surface area contributed by atoms with Crippen LogP contribution >= 0.6 is 0 Å². The van der Waals surface area contributed by atoms with Crippen LogP contribution < -0.4 is 5.32 Å². The van der Waals surface area contributed by atoms with Crippen LogP contribution in [-0.2, 0) is 0 Å². The summed E-state index contributed by atoms with van der Waals surface area (Å²) in [4.78, 5) is 2.44. The summed E-state index contributed by atoms with van der Waals surface area (Å²) in [6.07, 6.45) is 0. The largest absolute Gasteiger partial charge is 0.348 e. The van der Waals surface area contributed by atoms with Crippen molar-refractivity contribution in [1.82, 2.24) is 10.1 Å². The lowest BCUT2D eigenvalue weighted by atomic mass is 10.0. The Bertz CT molecular complexity index is 106. The van der Waals surface area contributed by atoms with Crippen LogP contribution in [0.15, 0.2) is 0 Å². The first-order chi connectivity index (χ1) is 4.36. The van der Waals surface area contributed by atoms with Crippen molar-refractivity contribution in [3.63, 3.8) is 0 Å². The Labute approximate surface area is 57.0 Å². The zero-order valence-electron chi connectivity index (χ0n) is 5.93. The van der Waals surface area contributed by atoms with Gasteiger partial charge in [0.1, 0.15) is 0 Å². The van der Waals surface area contributed by atoms with Gasteiger partial charge in [-0.1, -0.05) is 0 Å². The minimum Gasteiger partial charge on any atom is -0.348 e. The van der Waals surface area contributed by atoms with Gasteiger partial charge in [0.05, 0.1) is 0 Å². The summed E-state index contributed by atoms with van der Waals surface area (Å²) in [7, 11) is 2.22. The quantitative estimate of drug-likeness (QED) is 0.403. The molecule has 2 heterocycles. The molecule has 0 aromatic carbocycles. The van der Waals surface area contributed by atoms with E-state index in [1.54, 1.807) is 0 Å². The van der Waals surface area contributed by atoms with Gasteiger partial charge in [-0.05, 0) is 38.0 Å². The predicted molar refractivity (Wildman–Crippen MR) is 40.0 cm³/mol. The normalized spacial score (nSPS) is 43.6. The molecule has 0 spiro atoms. The van der Waals surface area contributed by atoms with Gasteiger partial charge in [-0.2, -0.15) is 0 Å². The van der Waals surface area contributed by atoms with E-state index < -0.39 is 0 Å². The molecule has 0 amide bonds. The van der Waals surface area contributed by atoms with E-state index in [-0.39, 0.29) is 0 Å². The first-order valence-electron chi connectivity index (χ1n) is 3.75. The summed E-state index contributed by atoms with van der Waals surface area (Å²) in [5.41, 5.74) is 0. The second kappa shape index (κ2) is 1.99. The summed E-state index contributed by atoms with van der Waals surface area (Å²) in [6.45, 7) is 5.15. The SMILES string of the molecule is BN1CC2CNC[C@@H]2C1. The molecule has 2 fully saturated rings. The topological polar surface area (TPSA) is 15.3 Å². The molecule has 0 aromatic rings. The molecular formula is C6H13BN2. The number of hydrogen-bond donors (Lipinski definition) is 1. The Morgan fingerprint density at radius 3 is 2.33 bits per heavy atom. The summed E-state index contributed by atoms with van der Waals surface area (Å²) in [5, 5.41) is 3.42. The van der Waals surface area contributed by atoms with E-state index in [9.17, 15) is 0 Å². The third kappa shape index (κ3) is 0.884. The van der Waals surface area contributed by atoms with Crippen molar-refractivity contribution in [2.75, 3.05) is 26.2 Å². The molecule has 3 heteroatoms. The van der Waals surface area contributed by atoms with Gasteiger partial charge in [0.15, 0.2) is 7.98 Å². The number of hydrogen-bond acceptors (Lipinski definition) is 2. The molecule has 50 valence electrons. The summed E-state index contributed by atoms with van der Waals surface area (Å²) >= 11 is 0. The average Bonchev–Trinajstić information content (AvgIpc) is 2.22. The van der Waals surface area contributed by atoms with Crippen molar-refractivity contribution in [3.05, 3.63) is 0 Å². The van der Waals surface area contributed by atoms with Crippen LogP contribution in [0.4, 0.5) is 0 Å². The van der Waals surface area contributed by atoms with Crippen molar-refractivity contribution >= 4 is 7.98 Å². The predicted octanol–water partition coefficient (Wildman–Crippen LogP) is -1.31. The lowest BCUT2D eigenvalue weighted by Gasteiger charge is -2.07. The van der Waals surface area contributed by atoms with Gasteiger partial charge in [0.25, 0.3) is 0 Å². The molecule has 2 rings (SSSR count). The van der Waals surface area contributed by atoms with Crippen molar-refractivity contribution in [1.29, 1.82) is 0 Å². The monoisotopic (exact) mass is 124 g/mol. The maximum absolute atomic E-state index is 3.42. The van der Waals surface area contributed by atoms with E-state index in [2.05, 4.69) is 18.1 Å². The minimum atomic E-state index is 0.968. The van der Waals surface area contributed by atoms with Crippen molar-refractivity contribution in [3.8, 4) is 0 Å². The average molecular weight is 124 g/mol. The Balaban J connectivity index is 2.02. The van der Waals surface area contributed by atoms with E-state index in [0.29, 0.717) is 0 Å². The van der Waals surface area contributed by atoms with Crippen LogP contribution in [0.3, 0.4) is 0 Å². The first-order valence-corrected chi connectivity index (χ1v) is 3.75. The molecule has 1 N–H and O–H groups in total. The van der Waals surface area contributed by atoms with Gasteiger partial charge in [-0.3, -0.25) is 0 Å².